The van der Waals surface area contributed by atoms with Crippen LogP contribution < -0.4 is 5.84 Å². The first-order chi connectivity index (χ1) is 11.2. The summed E-state index contributed by atoms with van der Waals surface area (Å²) in [5.41, 5.74) is 3.54. The van der Waals surface area contributed by atoms with Crippen LogP contribution >= 0.6 is 11.6 Å². The molecule has 2 N–H and O–H groups in total. The van der Waals surface area contributed by atoms with Gasteiger partial charge in [-0.05, 0) is 24.3 Å². The van der Waals surface area contributed by atoms with Gasteiger partial charge in [-0.25, -0.2) is 0 Å². The number of hydrogen-bond donors (Lipinski definition) is 1. The third kappa shape index (κ3) is 2.28. The summed E-state index contributed by atoms with van der Waals surface area (Å²) < 4.78 is -0.0510. The summed E-state index contributed by atoms with van der Waals surface area (Å²) >= 11 is 5.89. The van der Waals surface area contributed by atoms with E-state index in [1.165, 1.54) is 0 Å². The molecule has 0 saturated carbocycles. The van der Waals surface area contributed by atoms with E-state index in [1.807, 2.05) is 30.4 Å². The Labute approximate surface area is 138 Å². The number of nitrogens with zero attached hydrogens (tertiary/aromatic N) is 3. The Morgan fingerprint density at radius 2 is 1.91 bits per heavy atom. The maximum absolute atomic E-state index is 6.50. The molecule has 0 fully saturated rings. The lowest BCUT2D eigenvalue weighted by molar-refractivity contribution is -0.749. The van der Waals surface area contributed by atoms with Crippen molar-refractivity contribution >= 4 is 23.7 Å². The van der Waals surface area contributed by atoms with Gasteiger partial charge in [0.25, 0.3) is 0 Å². The predicted octanol–water partition coefficient (Wildman–Crippen LogP) is 3.06. The fraction of sp³-hybridized carbons (Fsp3) is 0. The van der Waals surface area contributed by atoms with Crippen LogP contribution in [0.3, 0.4) is 0 Å². The first kappa shape index (κ1) is 13.9. The summed E-state index contributed by atoms with van der Waals surface area (Å²) in [5, 5.41) is 0.682. The van der Waals surface area contributed by atoms with E-state index in [-0.39, 0.29) is 4.59 Å². The van der Waals surface area contributed by atoms with Gasteiger partial charge in [0.2, 0.25) is 5.70 Å². The van der Waals surface area contributed by atoms with Gasteiger partial charge >= 0.3 is 5.84 Å². The van der Waals surface area contributed by atoms with Crippen molar-refractivity contribution in [3.05, 3.63) is 82.4 Å². The van der Waals surface area contributed by atoms with E-state index in [0.717, 1.165) is 22.5 Å². The van der Waals surface area contributed by atoms with Crippen molar-refractivity contribution in [2.24, 2.45) is 15.8 Å². The molecular weight excluding hydrogens is 308 g/mol. The fourth-order valence-electron chi connectivity index (χ4n) is 2.44. The summed E-state index contributed by atoms with van der Waals surface area (Å²) in [5.74, 6) is 13.2. The highest BCUT2D eigenvalue weighted by atomic mass is 35.5. The molecule has 0 aromatic heterocycles. The Balaban J connectivity index is 1.74. The van der Waals surface area contributed by atoms with Crippen LogP contribution in [0.1, 0.15) is 5.56 Å². The molecule has 0 amide bonds. The molecule has 1 unspecified atom stereocenters. The number of aliphatic imine (C=N–C) groups is 2. The maximum atomic E-state index is 6.50. The molecule has 2 aliphatic heterocycles. The molecule has 110 valence electrons. The van der Waals surface area contributed by atoms with Crippen molar-refractivity contribution in [1.29, 1.82) is 0 Å². The van der Waals surface area contributed by atoms with E-state index in [1.54, 1.807) is 30.7 Å². The minimum Gasteiger partial charge on any atom is -0.253 e. The van der Waals surface area contributed by atoms with Gasteiger partial charge in [0.1, 0.15) is 11.9 Å². The van der Waals surface area contributed by atoms with E-state index >= 15 is 0 Å². The van der Waals surface area contributed by atoms with E-state index < -0.39 is 0 Å². The van der Waals surface area contributed by atoms with Gasteiger partial charge in [-0.2, -0.15) is 10.8 Å². The van der Waals surface area contributed by atoms with Crippen LogP contribution in [0.5, 0.6) is 0 Å². The number of allylic oxidation sites excluding steroid dienone is 4. The summed E-state index contributed by atoms with van der Waals surface area (Å²) in [6.07, 6.45) is 11.1. The molecule has 0 spiro atoms. The zero-order valence-corrected chi connectivity index (χ0v) is 12.8. The molecule has 5 heteroatoms. The number of fused-ring (bicyclic) bond motifs is 1. The van der Waals surface area contributed by atoms with Gasteiger partial charge in [-0.15, -0.1) is 4.59 Å². The van der Waals surface area contributed by atoms with Crippen LogP contribution in [-0.4, -0.2) is 16.6 Å². The monoisotopic (exact) mass is 319 g/mol. The third-order valence-electron chi connectivity index (χ3n) is 3.78. The summed E-state index contributed by atoms with van der Waals surface area (Å²) in [6.45, 7) is 0. The smallest absolute Gasteiger partial charge is 0.253 e. The molecule has 1 aromatic rings. The Kier molecular flexibility index (Phi) is 3.14. The molecule has 2 heterocycles. The number of hydrogen-bond acceptors (Lipinski definition) is 3. The number of benzene rings is 1. The molecule has 3 aliphatic rings. The van der Waals surface area contributed by atoms with Crippen LogP contribution in [0.15, 0.2) is 81.8 Å². The van der Waals surface area contributed by atoms with Gasteiger partial charge < -0.3 is 0 Å². The number of nitrogens with two attached hydrogens (primary N) is 1. The van der Waals surface area contributed by atoms with E-state index in [0.29, 0.717) is 10.9 Å². The Morgan fingerprint density at radius 3 is 2.61 bits per heavy atom. The van der Waals surface area contributed by atoms with E-state index in [4.69, 9.17) is 17.4 Å². The highest BCUT2D eigenvalue weighted by Crippen LogP contribution is 2.33. The zero-order chi connectivity index (χ0) is 15.9. The number of rotatable bonds is 1. The minimum absolute atomic E-state index is 0.0510. The van der Waals surface area contributed by atoms with Crippen molar-refractivity contribution in [1.82, 2.24) is 0 Å². The molecule has 23 heavy (non-hydrogen) atoms. The van der Waals surface area contributed by atoms with E-state index in [2.05, 4.69) is 21.8 Å². The van der Waals surface area contributed by atoms with Gasteiger partial charge in [-0.3, -0.25) is 4.99 Å². The standard InChI is InChI=1S/C18H12ClN4/c19-15-7-4-13(5-8-15)6-9-17-22-18(14-2-1-3-14)16-12-21-10-11-23(16,17)20/h1-5,7-8,10-12H,20H2/q+1. The first-order valence-corrected chi connectivity index (χ1v) is 7.43. The lowest BCUT2D eigenvalue weighted by atomic mass is 10.0. The quantitative estimate of drug-likeness (QED) is 0.483. The number of quaternary nitrogens is 1. The summed E-state index contributed by atoms with van der Waals surface area (Å²) in [7, 11) is 0. The Hall–Kier alpha value is -2.71. The van der Waals surface area contributed by atoms with Crippen LogP contribution in [0, 0.1) is 11.8 Å². The molecule has 1 aromatic carbocycles. The molecule has 0 bridgehead atoms. The Bertz CT molecular complexity index is 933. The largest absolute Gasteiger partial charge is 0.311 e. The van der Waals surface area contributed by atoms with Crippen molar-refractivity contribution in [2.75, 3.05) is 0 Å². The minimum atomic E-state index is -0.0510. The van der Waals surface area contributed by atoms with Crippen LogP contribution in [-0.2, 0) is 0 Å². The second-order valence-electron chi connectivity index (χ2n) is 5.26. The summed E-state index contributed by atoms with van der Waals surface area (Å²) in [4.78, 5) is 8.81. The van der Waals surface area contributed by atoms with Crippen LogP contribution in [0.2, 0.25) is 5.02 Å². The molecule has 4 rings (SSSR count). The normalized spacial score (nSPS) is 23.7. The van der Waals surface area contributed by atoms with Crippen molar-refractivity contribution in [3.63, 3.8) is 0 Å². The van der Waals surface area contributed by atoms with Crippen LogP contribution in [0.25, 0.3) is 0 Å². The molecule has 0 saturated heterocycles. The molecule has 1 aliphatic carbocycles. The fourth-order valence-corrected chi connectivity index (χ4v) is 2.57. The zero-order valence-electron chi connectivity index (χ0n) is 12.1. The second-order valence-corrected chi connectivity index (χ2v) is 5.70. The molecule has 4 nitrogen and oxygen atoms in total. The molecular formula is C18H12ClN4+. The lowest BCUT2D eigenvalue weighted by Crippen LogP contribution is -2.52. The van der Waals surface area contributed by atoms with Gasteiger partial charge in [0, 0.05) is 22.1 Å². The second kappa shape index (κ2) is 5.18. The van der Waals surface area contributed by atoms with Crippen molar-refractivity contribution in [3.8, 4) is 11.8 Å². The summed E-state index contributed by atoms with van der Waals surface area (Å²) in [6, 6.07) is 7.35. The average Bonchev–Trinajstić information content (AvgIpc) is 2.78. The lowest BCUT2D eigenvalue weighted by Gasteiger charge is -2.23. The number of amidine groups is 1. The maximum Gasteiger partial charge on any atom is 0.311 e. The van der Waals surface area contributed by atoms with Crippen LogP contribution in [0.4, 0.5) is 0 Å². The average molecular weight is 320 g/mol. The Morgan fingerprint density at radius 1 is 1.13 bits per heavy atom. The van der Waals surface area contributed by atoms with Crippen molar-refractivity contribution < 1.29 is 4.59 Å². The topological polar surface area (TPSA) is 50.7 Å². The molecule has 1 atom stereocenters. The van der Waals surface area contributed by atoms with Gasteiger partial charge in [-0.1, -0.05) is 35.7 Å². The number of halogens is 1. The molecule has 0 radical (unpaired) electrons. The predicted molar refractivity (Wildman–Crippen MR) is 92.1 cm³/mol. The highest BCUT2D eigenvalue weighted by molar-refractivity contribution is 6.30. The highest BCUT2D eigenvalue weighted by Gasteiger charge is 2.43. The first-order valence-electron chi connectivity index (χ1n) is 7.05. The van der Waals surface area contributed by atoms with E-state index in [9.17, 15) is 0 Å². The third-order valence-corrected chi connectivity index (χ3v) is 4.03. The van der Waals surface area contributed by atoms with Gasteiger partial charge in [0.05, 0.1) is 12.4 Å². The SMILES string of the molecule is N[N+]12C=CN=CC1=C(C1=CC=C1)N=C2C#Cc1ccc(Cl)cc1. The van der Waals surface area contributed by atoms with Crippen molar-refractivity contribution in [2.45, 2.75) is 0 Å². The van der Waals surface area contributed by atoms with Gasteiger partial charge in [0.15, 0.2) is 0 Å².